The molecule has 1 aromatic rings. The predicted molar refractivity (Wildman–Crippen MR) is 81.0 cm³/mol. The molecule has 4 heteroatoms. The third kappa shape index (κ3) is 3.95. The van der Waals surface area contributed by atoms with E-state index in [4.69, 9.17) is 15.2 Å². The van der Waals surface area contributed by atoms with Crippen LogP contribution in [0.3, 0.4) is 0 Å². The van der Waals surface area contributed by atoms with E-state index >= 15 is 0 Å². The van der Waals surface area contributed by atoms with Crippen molar-refractivity contribution < 1.29 is 9.47 Å². The standard InChI is InChI=1S/C16H26N2O2/c1-3-20-15-6-4-5-13(11-15)16(12-17)18(9-10-19-2)14-7-8-14/h4-6,11,14,16H,3,7-10,12,17H2,1-2H3. The predicted octanol–water partition coefficient (Wildman–Crippen LogP) is 2.20. The summed E-state index contributed by atoms with van der Waals surface area (Å²) < 4.78 is 10.8. The molecule has 0 bridgehead atoms. The van der Waals surface area contributed by atoms with Gasteiger partial charge < -0.3 is 15.2 Å². The highest BCUT2D eigenvalue weighted by Gasteiger charge is 2.33. The number of nitrogens with zero attached hydrogens (tertiary/aromatic N) is 1. The molecule has 0 aromatic heterocycles. The van der Waals surface area contributed by atoms with E-state index in [1.54, 1.807) is 7.11 Å². The Morgan fingerprint density at radius 3 is 2.80 bits per heavy atom. The van der Waals surface area contributed by atoms with Crippen molar-refractivity contribution in [2.24, 2.45) is 5.73 Å². The summed E-state index contributed by atoms with van der Waals surface area (Å²) in [7, 11) is 1.75. The van der Waals surface area contributed by atoms with Gasteiger partial charge in [0.1, 0.15) is 5.75 Å². The normalized spacial score (nSPS) is 16.4. The van der Waals surface area contributed by atoms with E-state index in [0.29, 0.717) is 19.2 Å². The van der Waals surface area contributed by atoms with Gasteiger partial charge in [-0.25, -0.2) is 0 Å². The van der Waals surface area contributed by atoms with E-state index in [-0.39, 0.29) is 6.04 Å². The highest BCUT2D eigenvalue weighted by Crippen LogP contribution is 2.34. The molecule has 4 nitrogen and oxygen atoms in total. The van der Waals surface area contributed by atoms with Gasteiger partial charge in [-0.1, -0.05) is 12.1 Å². The molecule has 0 saturated heterocycles. The average molecular weight is 278 g/mol. The molecule has 2 rings (SSSR count). The van der Waals surface area contributed by atoms with Crippen molar-refractivity contribution >= 4 is 0 Å². The van der Waals surface area contributed by atoms with Crippen molar-refractivity contribution in [3.05, 3.63) is 29.8 Å². The maximum absolute atomic E-state index is 6.04. The summed E-state index contributed by atoms with van der Waals surface area (Å²) in [6, 6.07) is 9.21. The molecule has 1 saturated carbocycles. The van der Waals surface area contributed by atoms with Crippen LogP contribution in [0.5, 0.6) is 5.75 Å². The number of ether oxygens (including phenoxy) is 2. The first-order valence-electron chi connectivity index (χ1n) is 7.47. The van der Waals surface area contributed by atoms with Crippen LogP contribution in [0.25, 0.3) is 0 Å². The minimum atomic E-state index is 0.248. The average Bonchev–Trinajstić information content (AvgIpc) is 3.28. The van der Waals surface area contributed by atoms with Crippen molar-refractivity contribution in [3.63, 3.8) is 0 Å². The Balaban J connectivity index is 2.13. The molecule has 1 atom stereocenters. The van der Waals surface area contributed by atoms with Crippen LogP contribution in [0.2, 0.25) is 0 Å². The van der Waals surface area contributed by atoms with Crippen LogP contribution in [-0.2, 0) is 4.74 Å². The SMILES string of the molecule is CCOc1cccc(C(CN)N(CCOC)C2CC2)c1. The van der Waals surface area contributed by atoms with Crippen molar-refractivity contribution in [2.75, 3.05) is 33.4 Å². The highest BCUT2D eigenvalue weighted by atomic mass is 16.5. The van der Waals surface area contributed by atoms with Crippen molar-refractivity contribution in [1.29, 1.82) is 0 Å². The quantitative estimate of drug-likeness (QED) is 0.752. The van der Waals surface area contributed by atoms with Crippen LogP contribution >= 0.6 is 0 Å². The van der Waals surface area contributed by atoms with Crippen molar-refractivity contribution in [1.82, 2.24) is 4.90 Å². The van der Waals surface area contributed by atoms with Gasteiger partial charge in [0.05, 0.1) is 13.2 Å². The summed E-state index contributed by atoms with van der Waals surface area (Å²) in [5.41, 5.74) is 7.28. The molecule has 0 radical (unpaired) electrons. The molecule has 1 fully saturated rings. The molecule has 1 aliphatic rings. The van der Waals surface area contributed by atoms with Crippen molar-refractivity contribution in [3.8, 4) is 5.75 Å². The third-order valence-electron chi connectivity index (χ3n) is 3.75. The van der Waals surface area contributed by atoms with Gasteiger partial charge in [0.15, 0.2) is 0 Å². The number of rotatable bonds is 9. The van der Waals surface area contributed by atoms with Crippen LogP contribution in [-0.4, -0.2) is 44.4 Å². The Kier molecular flexibility index (Phi) is 5.83. The number of benzene rings is 1. The summed E-state index contributed by atoms with van der Waals surface area (Å²) in [6.07, 6.45) is 2.54. The molecular weight excluding hydrogens is 252 g/mol. The van der Waals surface area contributed by atoms with Crippen molar-refractivity contribution in [2.45, 2.75) is 31.8 Å². The second-order valence-corrected chi connectivity index (χ2v) is 5.22. The van der Waals surface area contributed by atoms with E-state index in [1.807, 2.05) is 19.1 Å². The van der Waals surface area contributed by atoms with E-state index in [1.165, 1.54) is 18.4 Å². The second-order valence-electron chi connectivity index (χ2n) is 5.22. The van der Waals surface area contributed by atoms with Gasteiger partial charge in [0, 0.05) is 32.3 Å². The van der Waals surface area contributed by atoms with Gasteiger partial charge in [-0.15, -0.1) is 0 Å². The van der Waals surface area contributed by atoms with Crippen LogP contribution in [0.1, 0.15) is 31.4 Å². The number of hydrogen-bond acceptors (Lipinski definition) is 4. The molecule has 0 aliphatic heterocycles. The van der Waals surface area contributed by atoms with E-state index in [0.717, 1.165) is 18.9 Å². The van der Waals surface area contributed by atoms with Gasteiger partial charge in [0.2, 0.25) is 0 Å². The first-order valence-corrected chi connectivity index (χ1v) is 7.47. The highest BCUT2D eigenvalue weighted by molar-refractivity contribution is 5.31. The first kappa shape index (κ1) is 15.3. The Labute approximate surface area is 121 Å². The van der Waals surface area contributed by atoms with E-state index in [9.17, 15) is 0 Å². The third-order valence-corrected chi connectivity index (χ3v) is 3.75. The van der Waals surface area contributed by atoms with Crippen LogP contribution in [0, 0.1) is 0 Å². The van der Waals surface area contributed by atoms with Crippen LogP contribution in [0.4, 0.5) is 0 Å². The summed E-state index contributed by atoms with van der Waals surface area (Å²) in [4.78, 5) is 2.48. The fourth-order valence-corrected chi connectivity index (χ4v) is 2.64. The van der Waals surface area contributed by atoms with E-state index in [2.05, 4.69) is 17.0 Å². The lowest BCUT2D eigenvalue weighted by molar-refractivity contribution is 0.115. The lowest BCUT2D eigenvalue weighted by atomic mass is 10.0. The molecule has 1 aliphatic carbocycles. The molecule has 1 unspecified atom stereocenters. The van der Waals surface area contributed by atoms with Crippen LogP contribution in [0.15, 0.2) is 24.3 Å². The molecule has 0 heterocycles. The monoisotopic (exact) mass is 278 g/mol. The van der Waals surface area contributed by atoms with E-state index < -0.39 is 0 Å². The number of methoxy groups -OCH3 is 1. The van der Waals surface area contributed by atoms with Gasteiger partial charge in [-0.2, -0.15) is 0 Å². The fraction of sp³-hybridized carbons (Fsp3) is 0.625. The number of nitrogens with two attached hydrogens (primary N) is 1. The molecule has 1 aromatic carbocycles. The maximum atomic E-state index is 6.04. The molecule has 0 amide bonds. The molecule has 20 heavy (non-hydrogen) atoms. The first-order chi connectivity index (χ1) is 9.80. The Bertz CT molecular complexity index is 407. The minimum Gasteiger partial charge on any atom is -0.494 e. The minimum absolute atomic E-state index is 0.248. The summed E-state index contributed by atoms with van der Waals surface area (Å²) in [5.74, 6) is 0.922. The topological polar surface area (TPSA) is 47.7 Å². The lowest BCUT2D eigenvalue weighted by Gasteiger charge is -2.31. The second kappa shape index (κ2) is 7.62. The largest absolute Gasteiger partial charge is 0.494 e. The Morgan fingerprint density at radius 2 is 2.20 bits per heavy atom. The summed E-state index contributed by atoms with van der Waals surface area (Å²) in [6.45, 7) is 4.99. The maximum Gasteiger partial charge on any atom is 0.119 e. The van der Waals surface area contributed by atoms with Gasteiger partial charge >= 0.3 is 0 Å². The van der Waals surface area contributed by atoms with Gasteiger partial charge in [-0.05, 0) is 37.5 Å². The van der Waals surface area contributed by atoms with Crippen LogP contribution < -0.4 is 10.5 Å². The zero-order valence-electron chi connectivity index (χ0n) is 12.5. The molecule has 112 valence electrons. The smallest absolute Gasteiger partial charge is 0.119 e. The fourth-order valence-electron chi connectivity index (χ4n) is 2.64. The summed E-state index contributed by atoms with van der Waals surface area (Å²) in [5, 5.41) is 0. The number of hydrogen-bond donors (Lipinski definition) is 1. The van der Waals surface area contributed by atoms with Gasteiger partial charge in [0.25, 0.3) is 0 Å². The Morgan fingerprint density at radius 1 is 1.40 bits per heavy atom. The molecule has 2 N–H and O–H groups in total. The zero-order valence-corrected chi connectivity index (χ0v) is 12.5. The molecular formula is C16H26N2O2. The zero-order chi connectivity index (χ0) is 14.4. The summed E-state index contributed by atoms with van der Waals surface area (Å²) >= 11 is 0. The lowest BCUT2D eigenvalue weighted by Crippen LogP contribution is -2.37. The Hall–Kier alpha value is -1.10. The van der Waals surface area contributed by atoms with Gasteiger partial charge in [-0.3, -0.25) is 4.90 Å². The molecule has 0 spiro atoms.